The summed E-state index contributed by atoms with van der Waals surface area (Å²) in [6, 6.07) is 9.98. The molecule has 0 fully saturated rings. The van der Waals surface area contributed by atoms with Gasteiger partial charge >= 0.3 is 0 Å². The molecule has 0 unspecified atom stereocenters. The van der Waals surface area contributed by atoms with Gasteiger partial charge in [0.15, 0.2) is 0 Å². The van der Waals surface area contributed by atoms with Gasteiger partial charge in [-0.05, 0) is 12.0 Å². The number of hydrogen-bond donors (Lipinski definition) is 1. The molecule has 0 aromatic heterocycles. The number of allylic oxidation sites excluding steroid dienone is 1. The molecular formula is C12H13N3. The molecule has 0 bridgehead atoms. The number of hydrogen-bond acceptors (Lipinski definition) is 3. The third kappa shape index (κ3) is 3.06. The molecule has 1 aliphatic heterocycles. The fourth-order valence-corrected chi connectivity index (χ4v) is 1.31. The number of nitrogens with zero attached hydrogens (tertiary/aromatic N) is 2. The van der Waals surface area contributed by atoms with E-state index in [1.54, 1.807) is 6.21 Å². The summed E-state index contributed by atoms with van der Waals surface area (Å²) in [6.45, 7) is 0. The third-order valence-corrected chi connectivity index (χ3v) is 2.09. The standard InChI is InChI=1S/C12H13N3/c1-2-6-11(7-3-1)10-14-15-12-8-4-5-9-13-12/h1-3,5-7,9-10H,4,8H2,(H,13,15). The highest BCUT2D eigenvalue weighted by atomic mass is 15.3. The fraction of sp³-hybridized carbons (Fsp3) is 0.167. The van der Waals surface area contributed by atoms with Gasteiger partial charge in [-0.15, -0.1) is 0 Å². The van der Waals surface area contributed by atoms with E-state index in [2.05, 4.69) is 15.5 Å². The lowest BCUT2D eigenvalue weighted by Gasteiger charge is -2.05. The van der Waals surface area contributed by atoms with Gasteiger partial charge in [0.2, 0.25) is 0 Å². The zero-order chi connectivity index (χ0) is 10.3. The summed E-state index contributed by atoms with van der Waals surface area (Å²) < 4.78 is 0. The summed E-state index contributed by atoms with van der Waals surface area (Å²) in [6.07, 6.45) is 7.62. The minimum absolute atomic E-state index is 0.921. The molecular weight excluding hydrogens is 186 g/mol. The average molecular weight is 199 g/mol. The topological polar surface area (TPSA) is 36.8 Å². The van der Waals surface area contributed by atoms with Crippen molar-refractivity contribution in [3.63, 3.8) is 0 Å². The minimum Gasteiger partial charge on any atom is -0.265 e. The minimum atomic E-state index is 0.921. The van der Waals surface area contributed by atoms with Crippen LogP contribution in [0.25, 0.3) is 0 Å². The molecule has 0 aliphatic carbocycles. The van der Waals surface area contributed by atoms with Crippen LogP contribution >= 0.6 is 0 Å². The molecule has 0 atom stereocenters. The smallest absolute Gasteiger partial charge is 0.122 e. The average Bonchev–Trinajstić information content (AvgIpc) is 2.32. The SMILES string of the molecule is C1=CN=C(NN=Cc2ccccc2)CC1. The number of nitrogens with one attached hydrogen (secondary N) is 1. The molecule has 1 N–H and O–H groups in total. The molecule has 76 valence electrons. The van der Waals surface area contributed by atoms with E-state index in [0.29, 0.717) is 0 Å². The predicted molar refractivity (Wildman–Crippen MR) is 63.0 cm³/mol. The third-order valence-electron chi connectivity index (χ3n) is 2.09. The first-order valence-corrected chi connectivity index (χ1v) is 5.01. The van der Waals surface area contributed by atoms with E-state index in [1.165, 1.54) is 0 Å². The van der Waals surface area contributed by atoms with Crippen LogP contribution in [0.3, 0.4) is 0 Å². The van der Waals surface area contributed by atoms with Gasteiger partial charge in [-0.25, -0.2) is 4.99 Å². The maximum atomic E-state index is 4.17. The lowest BCUT2D eigenvalue weighted by atomic mass is 10.2. The van der Waals surface area contributed by atoms with Gasteiger partial charge < -0.3 is 0 Å². The molecule has 3 nitrogen and oxygen atoms in total. The van der Waals surface area contributed by atoms with Crippen molar-refractivity contribution in [2.45, 2.75) is 12.8 Å². The summed E-state index contributed by atoms with van der Waals surface area (Å²) in [5.41, 5.74) is 4.02. The second kappa shape index (κ2) is 5.10. The molecule has 1 heterocycles. The van der Waals surface area contributed by atoms with Crippen LogP contribution in [0.2, 0.25) is 0 Å². The second-order valence-corrected chi connectivity index (χ2v) is 3.28. The Hall–Kier alpha value is -1.90. The van der Waals surface area contributed by atoms with E-state index < -0.39 is 0 Å². The van der Waals surface area contributed by atoms with Gasteiger partial charge in [0, 0.05) is 12.6 Å². The number of aliphatic imine (C=N–C) groups is 1. The monoisotopic (exact) mass is 199 g/mol. The predicted octanol–water partition coefficient (Wildman–Crippen LogP) is 2.32. The van der Waals surface area contributed by atoms with Gasteiger partial charge in [0.25, 0.3) is 0 Å². The van der Waals surface area contributed by atoms with E-state index >= 15 is 0 Å². The van der Waals surface area contributed by atoms with Crippen molar-refractivity contribution in [1.29, 1.82) is 0 Å². The van der Waals surface area contributed by atoms with E-state index in [4.69, 9.17) is 0 Å². The molecule has 1 aliphatic rings. The summed E-state index contributed by atoms with van der Waals surface area (Å²) in [5.74, 6) is 0.921. The molecule has 1 aromatic carbocycles. The van der Waals surface area contributed by atoms with Gasteiger partial charge in [0.05, 0.1) is 6.21 Å². The molecule has 1 aromatic rings. The Morgan fingerprint density at radius 3 is 2.87 bits per heavy atom. The fourth-order valence-electron chi connectivity index (χ4n) is 1.31. The van der Waals surface area contributed by atoms with Crippen LogP contribution in [0.4, 0.5) is 0 Å². The van der Waals surface area contributed by atoms with Crippen LogP contribution in [-0.4, -0.2) is 12.1 Å². The molecule has 0 radical (unpaired) electrons. The highest BCUT2D eigenvalue weighted by Crippen LogP contribution is 2.00. The molecule has 0 saturated heterocycles. The Morgan fingerprint density at radius 1 is 1.27 bits per heavy atom. The van der Waals surface area contributed by atoms with Gasteiger partial charge in [-0.3, -0.25) is 5.43 Å². The van der Waals surface area contributed by atoms with Crippen LogP contribution in [0.5, 0.6) is 0 Å². The van der Waals surface area contributed by atoms with Crippen molar-refractivity contribution in [1.82, 2.24) is 5.43 Å². The maximum absolute atomic E-state index is 4.17. The summed E-state index contributed by atoms with van der Waals surface area (Å²) >= 11 is 0. The number of amidine groups is 1. The van der Waals surface area contributed by atoms with Crippen molar-refractivity contribution < 1.29 is 0 Å². The normalized spacial score (nSPS) is 15.3. The first kappa shape index (κ1) is 9.65. The van der Waals surface area contributed by atoms with Crippen molar-refractivity contribution in [3.8, 4) is 0 Å². The molecule has 0 spiro atoms. The summed E-state index contributed by atoms with van der Waals surface area (Å²) in [7, 11) is 0. The lowest BCUT2D eigenvalue weighted by Crippen LogP contribution is -2.18. The largest absolute Gasteiger partial charge is 0.265 e. The number of benzene rings is 1. The van der Waals surface area contributed by atoms with Crippen molar-refractivity contribution >= 4 is 12.1 Å². The quantitative estimate of drug-likeness (QED) is 0.576. The Balaban J connectivity index is 1.90. The number of hydrazone groups is 1. The highest BCUT2D eigenvalue weighted by Gasteiger charge is 1.97. The summed E-state index contributed by atoms with van der Waals surface area (Å²) in [4.78, 5) is 4.17. The van der Waals surface area contributed by atoms with E-state index in [-0.39, 0.29) is 0 Å². The Bertz CT molecular complexity index is 391. The van der Waals surface area contributed by atoms with Crippen LogP contribution in [0, 0.1) is 0 Å². The molecule has 0 amide bonds. The zero-order valence-electron chi connectivity index (χ0n) is 8.43. The molecule has 15 heavy (non-hydrogen) atoms. The molecule has 3 heteroatoms. The van der Waals surface area contributed by atoms with E-state index in [0.717, 1.165) is 24.2 Å². The highest BCUT2D eigenvalue weighted by molar-refractivity contribution is 5.85. The van der Waals surface area contributed by atoms with Crippen LogP contribution in [0.15, 0.2) is 52.7 Å². The summed E-state index contributed by atoms with van der Waals surface area (Å²) in [5, 5.41) is 4.13. The van der Waals surface area contributed by atoms with Crippen molar-refractivity contribution in [3.05, 3.63) is 48.2 Å². The second-order valence-electron chi connectivity index (χ2n) is 3.28. The Labute approximate surface area is 89.2 Å². The lowest BCUT2D eigenvalue weighted by molar-refractivity contribution is 0.931. The Kier molecular flexibility index (Phi) is 3.28. The maximum Gasteiger partial charge on any atom is 0.122 e. The van der Waals surface area contributed by atoms with E-state index in [9.17, 15) is 0 Å². The van der Waals surface area contributed by atoms with Crippen LogP contribution < -0.4 is 5.43 Å². The molecule has 0 saturated carbocycles. The van der Waals surface area contributed by atoms with E-state index in [1.807, 2.05) is 42.6 Å². The van der Waals surface area contributed by atoms with Gasteiger partial charge in [-0.2, -0.15) is 5.10 Å². The van der Waals surface area contributed by atoms with Crippen LogP contribution in [0.1, 0.15) is 18.4 Å². The number of rotatable bonds is 2. The van der Waals surface area contributed by atoms with Crippen molar-refractivity contribution in [2.75, 3.05) is 0 Å². The van der Waals surface area contributed by atoms with Gasteiger partial charge in [0.1, 0.15) is 5.84 Å². The first-order chi connectivity index (χ1) is 7.45. The zero-order valence-corrected chi connectivity index (χ0v) is 8.43. The van der Waals surface area contributed by atoms with Crippen molar-refractivity contribution in [2.24, 2.45) is 10.1 Å². The van der Waals surface area contributed by atoms with Crippen LogP contribution in [-0.2, 0) is 0 Å². The first-order valence-electron chi connectivity index (χ1n) is 5.01. The molecule has 2 rings (SSSR count). The Morgan fingerprint density at radius 2 is 2.13 bits per heavy atom. The van der Waals surface area contributed by atoms with Gasteiger partial charge in [-0.1, -0.05) is 36.4 Å².